The molecular formula is C25H27ClF2N4O. The van der Waals surface area contributed by atoms with Gasteiger partial charge in [-0.15, -0.1) is 0 Å². The smallest absolute Gasteiger partial charge is 0.255 e. The van der Waals surface area contributed by atoms with Crippen LogP contribution in [0.3, 0.4) is 0 Å². The normalized spacial score (nSPS) is 22.1. The molecule has 2 aliphatic rings. The Kier molecular flexibility index (Phi) is 6.18. The van der Waals surface area contributed by atoms with Crippen molar-refractivity contribution in [3.8, 4) is 0 Å². The van der Waals surface area contributed by atoms with Gasteiger partial charge in [-0.05, 0) is 49.6 Å². The lowest BCUT2D eigenvalue weighted by Crippen LogP contribution is -2.53. The second-order valence-corrected chi connectivity index (χ2v) is 9.11. The Morgan fingerprint density at radius 1 is 1.24 bits per heavy atom. The summed E-state index contributed by atoms with van der Waals surface area (Å²) in [6, 6.07) is 10.9. The van der Waals surface area contributed by atoms with Crippen molar-refractivity contribution in [2.24, 2.45) is 10.4 Å². The third-order valence-electron chi connectivity index (χ3n) is 6.71. The first-order valence-electron chi connectivity index (χ1n) is 11.0. The number of Topliss-reactive ketones (excluding diaryl/α,β-unsaturated/α-hetero) is 1. The molecule has 174 valence electrons. The molecule has 2 aromatic carbocycles. The zero-order valence-electron chi connectivity index (χ0n) is 18.7. The minimum Gasteiger partial charge on any atom is -0.380 e. The maximum atomic E-state index is 14.2. The number of nitrogens with zero attached hydrogens (tertiary/aromatic N) is 1. The molecule has 0 radical (unpaired) electrons. The quantitative estimate of drug-likeness (QED) is 0.412. The van der Waals surface area contributed by atoms with E-state index < -0.39 is 11.3 Å². The van der Waals surface area contributed by atoms with E-state index in [4.69, 9.17) is 11.6 Å². The summed E-state index contributed by atoms with van der Waals surface area (Å²) in [6.07, 6.45) is 0.748. The number of ketones is 1. The molecule has 1 heterocycles. The van der Waals surface area contributed by atoms with E-state index in [0.717, 1.165) is 22.5 Å². The van der Waals surface area contributed by atoms with Crippen LogP contribution < -0.4 is 16.0 Å². The summed E-state index contributed by atoms with van der Waals surface area (Å²) in [5.74, 6) is -2.34. The number of fused-ring (bicyclic) bond motifs is 1. The van der Waals surface area contributed by atoms with Crippen molar-refractivity contribution >= 4 is 40.4 Å². The summed E-state index contributed by atoms with van der Waals surface area (Å²) >= 11 is 6.35. The number of anilines is 2. The Balaban J connectivity index is 1.59. The van der Waals surface area contributed by atoms with E-state index in [0.29, 0.717) is 41.6 Å². The van der Waals surface area contributed by atoms with E-state index >= 15 is 0 Å². The van der Waals surface area contributed by atoms with Gasteiger partial charge in [0.1, 0.15) is 0 Å². The standard InChI is InChI=1S/C25H27ClF2N4O/c1-4-24(9-10-25(24,27)28)14-30-23-31-15(2)20-12-18(26)11-17(22(20)32-23)13-29-21-8-6-5-7-19(21)16(3)33/h5-8,11-12,29H,2,4,9-10,13-14H2,1,3H3,(H2,30,31,32). The SMILES string of the molecule is C=C1NC(=NCC2(CC)CCC2(F)F)Nc2c(CNc3ccccc3C(C)=O)cc(Cl)cc21. The van der Waals surface area contributed by atoms with Gasteiger partial charge in [0.2, 0.25) is 0 Å². The van der Waals surface area contributed by atoms with Crippen molar-refractivity contribution in [3.63, 3.8) is 0 Å². The number of benzene rings is 2. The van der Waals surface area contributed by atoms with Gasteiger partial charge in [0, 0.05) is 40.5 Å². The van der Waals surface area contributed by atoms with Crippen LogP contribution in [0, 0.1) is 5.41 Å². The highest BCUT2D eigenvalue weighted by atomic mass is 35.5. The average Bonchev–Trinajstić information content (AvgIpc) is 2.78. The first-order chi connectivity index (χ1) is 15.7. The van der Waals surface area contributed by atoms with Crippen LogP contribution in [0.1, 0.15) is 54.6 Å². The van der Waals surface area contributed by atoms with Gasteiger partial charge in [-0.3, -0.25) is 9.79 Å². The van der Waals surface area contributed by atoms with E-state index in [1.54, 1.807) is 19.1 Å². The third-order valence-corrected chi connectivity index (χ3v) is 6.93. The highest BCUT2D eigenvalue weighted by Gasteiger charge is 2.60. The van der Waals surface area contributed by atoms with Gasteiger partial charge < -0.3 is 16.0 Å². The van der Waals surface area contributed by atoms with Crippen LogP contribution in [0.5, 0.6) is 0 Å². The van der Waals surface area contributed by atoms with Crippen molar-refractivity contribution in [1.29, 1.82) is 0 Å². The van der Waals surface area contributed by atoms with Crippen LogP contribution in [-0.4, -0.2) is 24.2 Å². The summed E-state index contributed by atoms with van der Waals surface area (Å²) < 4.78 is 28.4. The molecule has 1 unspecified atom stereocenters. The van der Waals surface area contributed by atoms with Crippen LogP contribution in [0.25, 0.3) is 5.70 Å². The van der Waals surface area contributed by atoms with Crippen molar-refractivity contribution in [2.45, 2.75) is 45.6 Å². The number of alkyl halides is 2. The van der Waals surface area contributed by atoms with E-state index in [1.807, 2.05) is 24.3 Å². The second-order valence-electron chi connectivity index (χ2n) is 8.67. The van der Waals surface area contributed by atoms with E-state index in [-0.39, 0.29) is 18.7 Å². The highest BCUT2D eigenvalue weighted by molar-refractivity contribution is 6.31. The fourth-order valence-corrected chi connectivity index (χ4v) is 4.64. The van der Waals surface area contributed by atoms with Crippen molar-refractivity contribution < 1.29 is 13.6 Å². The molecule has 0 bridgehead atoms. The van der Waals surface area contributed by atoms with Gasteiger partial charge in [0.25, 0.3) is 5.92 Å². The Morgan fingerprint density at radius 3 is 2.64 bits per heavy atom. The molecule has 1 aliphatic carbocycles. The number of guanidine groups is 1. The Morgan fingerprint density at radius 2 is 2.00 bits per heavy atom. The van der Waals surface area contributed by atoms with Gasteiger partial charge in [-0.2, -0.15) is 0 Å². The Bertz CT molecular complexity index is 1140. The number of carbonyl (C=O) groups is 1. The lowest BCUT2D eigenvalue weighted by atomic mass is 9.63. The number of nitrogens with one attached hydrogen (secondary N) is 3. The largest absolute Gasteiger partial charge is 0.380 e. The number of para-hydroxylation sites is 1. The summed E-state index contributed by atoms with van der Waals surface area (Å²) in [6.45, 7) is 7.79. The molecule has 0 aromatic heterocycles. The molecule has 33 heavy (non-hydrogen) atoms. The number of carbonyl (C=O) groups excluding carboxylic acids is 1. The maximum Gasteiger partial charge on any atom is 0.255 e. The number of halogens is 3. The van der Waals surface area contributed by atoms with Crippen molar-refractivity contribution in [1.82, 2.24) is 5.32 Å². The van der Waals surface area contributed by atoms with Crippen LogP contribution in [0.2, 0.25) is 5.02 Å². The first-order valence-corrected chi connectivity index (χ1v) is 11.4. The van der Waals surface area contributed by atoms with E-state index in [1.165, 1.54) is 6.92 Å². The third kappa shape index (κ3) is 4.34. The van der Waals surface area contributed by atoms with Crippen molar-refractivity contribution in [2.75, 3.05) is 17.2 Å². The molecule has 3 N–H and O–H groups in total. The molecule has 0 saturated heterocycles. The molecule has 2 aromatic rings. The number of aliphatic imine (C=N–C) groups is 1. The molecule has 1 aliphatic heterocycles. The minimum atomic E-state index is -2.69. The number of hydrogen-bond donors (Lipinski definition) is 3. The molecule has 0 amide bonds. The fraction of sp³-hybridized carbons (Fsp3) is 0.360. The fourth-order valence-electron chi connectivity index (χ4n) is 4.40. The molecule has 1 saturated carbocycles. The molecule has 1 fully saturated rings. The predicted molar refractivity (Wildman–Crippen MR) is 130 cm³/mol. The zero-order valence-corrected chi connectivity index (χ0v) is 19.5. The van der Waals surface area contributed by atoms with Gasteiger partial charge in [0.15, 0.2) is 11.7 Å². The second kappa shape index (κ2) is 8.78. The summed E-state index contributed by atoms with van der Waals surface area (Å²) in [5, 5.41) is 10.1. The molecule has 1 atom stereocenters. The monoisotopic (exact) mass is 472 g/mol. The number of hydrogen-bond acceptors (Lipinski definition) is 3. The van der Waals surface area contributed by atoms with Gasteiger partial charge >= 0.3 is 0 Å². The van der Waals surface area contributed by atoms with E-state index in [9.17, 15) is 13.6 Å². The molecule has 5 nitrogen and oxygen atoms in total. The Labute approximate surface area is 197 Å². The van der Waals surface area contributed by atoms with Crippen LogP contribution in [-0.2, 0) is 6.54 Å². The van der Waals surface area contributed by atoms with E-state index in [2.05, 4.69) is 27.5 Å². The summed E-state index contributed by atoms with van der Waals surface area (Å²) in [5.41, 5.74) is 3.18. The predicted octanol–water partition coefficient (Wildman–Crippen LogP) is 6.32. The summed E-state index contributed by atoms with van der Waals surface area (Å²) in [7, 11) is 0. The van der Waals surface area contributed by atoms with Crippen molar-refractivity contribution in [3.05, 3.63) is 64.7 Å². The lowest BCUT2D eigenvalue weighted by molar-refractivity contribution is -0.197. The summed E-state index contributed by atoms with van der Waals surface area (Å²) in [4.78, 5) is 16.4. The van der Waals surface area contributed by atoms with Gasteiger partial charge in [-0.1, -0.05) is 37.2 Å². The molecule has 4 rings (SSSR count). The average molecular weight is 473 g/mol. The number of rotatable bonds is 7. The lowest BCUT2D eigenvalue weighted by Gasteiger charge is -2.48. The minimum absolute atomic E-state index is 0.0294. The van der Waals surface area contributed by atoms with Crippen LogP contribution in [0.4, 0.5) is 20.2 Å². The van der Waals surface area contributed by atoms with Crippen LogP contribution in [0.15, 0.2) is 48.0 Å². The molecule has 8 heteroatoms. The highest BCUT2D eigenvalue weighted by Crippen LogP contribution is 2.56. The first kappa shape index (κ1) is 23.2. The molecule has 0 spiro atoms. The zero-order chi connectivity index (χ0) is 23.8. The van der Waals surface area contributed by atoms with Crippen LogP contribution >= 0.6 is 11.6 Å². The van der Waals surface area contributed by atoms with Gasteiger partial charge in [-0.25, -0.2) is 8.78 Å². The topological polar surface area (TPSA) is 65.5 Å². The maximum absolute atomic E-state index is 14.2. The Hall–Kier alpha value is -2.93. The molecular weight excluding hydrogens is 446 g/mol. The van der Waals surface area contributed by atoms with Gasteiger partial charge in [0.05, 0.1) is 17.6 Å².